The maximum Gasteiger partial charge on any atom is 0.333 e. The van der Waals surface area contributed by atoms with Crippen LogP contribution in [0.2, 0.25) is 0 Å². The summed E-state index contributed by atoms with van der Waals surface area (Å²) in [5.41, 5.74) is -0.328. The molecule has 1 unspecified atom stereocenters. The molecule has 0 saturated carbocycles. The molecule has 0 radical (unpaired) electrons. The van der Waals surface area contributed by atoms with E-state index in [1.807, 2.05) is 0 Å². The summed E-state index contributed by atoms with van der Waals surface area (Å²) in [4.78, 5) is 10.3. The zero-order chi connectivity index (χ0) is 11.7. The van der Waals surface area contributed by atoms with Crippen molar-refractivity contribution < 1.29 is 18.3 Å². The smallest absolute Gasteiger partial charge is 0.333 e. The van der Waals surface area contributed by atoms with Crippen LogP contribution in [0, 0.1) is 0 Å². The predicted octanol–water partition coefficient (Wildman–Crippen LogP) is 1.36. The first-order valence-electron chi connectivity index (χ1n) is 3.47. The number of aliphatic carboxylic acids is 1. The highest BCUT2D eigenvalue weighted by Crippen LogP contribution is 2.30. The number of carboxylic acids is 1. The van der Waals surface area contributed by atoms with Crippen LogP contribution >= 0.6 is 34.8 Å². The Kier molecular flexibility index (Phi) is 3.83. The van der Waals surface area contributed by atoms with Gasteiger partial charge < -0.3 is 5.11 Å². The average molecular weight is 290 g/mol. The summed E-state index contributed by atoms with van der Waals surface area (Å²) in [5.74, 6) is -1.35. The molecule has 0 saturated heterocycles. The number of hydrogen-bond donors (Lipinski definition) is 1. The largest absolute Gasteiger partial charge is 0.478 e. The minimum Gasteiger partial charge on any atom is -0.478 e. The van der Waals surface area contributed by atoms with E-state index in [9.17, 15) is 13.2 Å². The van der Waals surface area contributed by atoms with Crippen molar-refractivity contribution in [3.05, 3.63) is 21.7 Å². The second-order valence-electron chi connectivity index (χ2n) is 2.53. The molecule has 82 valence electrons. The molecule has 1 N–H and O–H groups in total. The normalized spacial score (nSPS) is 21.4. The van der Waals surface area contributed by atoms with Gasteiger partial charge in [0.1, 0.15) is 10.2 Å². The summed E-state index contributed by atoms with van der Waals surface area (Å²) in [6.07, 6.45) is 1.03. The Hall–Kier alpha value is -0.490. The zero-order valence-corrected chi connectivity index (χ0v) is 9.95. The van der Waals surface area contributed by atoms with Gasteiger partial charge in [0.2, 0.25) is 10.3 Å². The topological polar surface area (TPSA) is 71.4 Å². The van der Waals surface area contributed by atoms with Gasteiger partial charge in [-0.1, -0.05) is 23.2 Å². The van der Waals surface area contributed by atoms with E-state index in [-0.39, 0.29) is 15.6 Å². The van der Waals surface area contributed by atoms with E-state index in [2.05, 4.69) is 0 Å². The van der Waals surface area contributed by atoms with Gasteiger partial charge in [0.25, 0.3) is 0 Å². The molecule has 0 amide bonds. The van der Waals surface area contributed by atoms with Gasteiger partial charge in [0.05, 0.1) is 15.6 Å². The fourth-order valence-corrected chi connectivity index (χ4v) is 2.69. The van der Waals surface area contributed by atoms with Crippen LogP contribution in [-0.4, -0.2) is 29.7 Å². The molecule has 15 heavy (non-hydrogen) atoms. The lowest BCUT2D eigenvalue weighted by Gasteiger charge is -2.16. The highest BCUT2D eigenvalue weighted by atomic mass is 35.5. The summed E-state index contributed by atoms with van der Waals surface area (Å²) >= 11 is 16.8. The van der Waals surface area contributed by atoms with Crippen LogP contribution in [0.25, 0.3) is 0 Å². The van der Waals surface area contributed by atoms with Crippen LogP contribution in [0.5, 0.6) is 0 Å². The monoisotopic (exact) mass is 288 g/mol. The highest BCUT2D eigenvalue weighted by molar-refractivity contribution is 7.74. The maximum atomic E-state index is 10.8. The Labute approximate surface area is 101 Å². The number of carbonyl (C=O) groups is 1. The van der Waals surface area contributed by atoms with E-state index in [0.717, 1.165) is 6.08 Å². The van der Waals surface area contributed by atoms with Crippen molar-refractivity contribution in [2.75, 3.05) is 0 Å². The number of halogens is 3. The van der Waals surface area contributed by atoms with Crippen molar-refractivity contribution in [3.8, 4) is 0 Å². The minimum atomic E-state index is -2.71. The molecule has 8 heteroatoms. The van der Waals surface area contributed by atoms with Gasteiger partial charge in [0, 0.05) is 0 Å². The molecular weight excluding hydrogens is 286 g/mol. The second kappa shape index (κ2) is 4.57. The predicted molar refractivity (Wildman–Crippen MR) is 58.0 cm³/mol. The second-order valence-corrected chi connectivity index (χ2v) is 4.66. The molecule has 0 aromatic heterocycles. The van der Waals surface area contributed by atoms with Crippen molar-refractivity contribution in [1.29, 1.82) is 0 Å². The van der Waals surface area contributed by atoms with Gasteiger partial charge in [-0.2, -0.15) is 8.42 Å². The fourth-order valence-electron chi connectivity index (χ4n) is 0.971. The molecule has 0 fully saturated rings. The van der Waals surface area contributed by atoms with Crippen molar-refractivity contribution in [3.63, 3.8) is 0 Å². The molecule has 0 bridgehead atoms. The Morgan fingerprint density at radius 1 is 1.40 bits per heavy atom. The Morgan fingerprint density at radius 2 is 1.93 bits per heavy atom. The summed E-state index contributed by atoms with van der Waals surface area (Å²) in [5, 5.41) is 6.98. The number of rotatable bonds is 1. The lowest BCUT2D eigenvalue weighted by molar-refractivity contribution is -0.132. The van der Waals surface area contributed by atoms with Crippen LogP contribution in [0.1, 0.15) is 0 Å². The molecular formula is C7H3Cl3O4S. The number of allylic oxidation sites excluding steroid dienone is 3. The minimum absolute atomic E-state index is 0.162. The van der Waals surface area contributed by atoms with E-state index < -0.39 is 26.5 Å². The molecule has 0 aliphatic heterocycles. The molecule has 0 heterocycles. The quantitative estimate of drug-likeness (QED) is 0.584. The lowest BCUT2D eigenvalue weighted by Crippen LogP contribution is -2.26. The molecule has 4 nitrogen and oxygen atoms in total. The third-order valence-electron chi connectivity index (χ3n) is 1.64. The number of carboxylic acid groups (broad SMARTS) is 1. The van der Waals surface area contributed by atoms with Crippen molar-refractivity contribution >= 4 is 55.9 Å². The highest BCUT2D eigenvalue weighted by Gasteiger charge is 2.31. The Balaban J connectivity index is 3.51. The standard InChI is InChI=1S/C7H3Cl3O4S/c8-3-1-2(7(11)12)4(9)6(5(3)10)15(13)14/h1,4H,(H,11,12). The van der Waals surface area contributed by atoms with Crippen LogP contribution in [0.15, 0.2) is 21.7 Å². The van der Waals surface area contributed by atoms with Gasteiger partial charge in [-0.15, -0.1) is 11.6 Å². The van der Waals surface area contributed by atoms with Crippen LogP contribution < -0.4 is 0 Å². The Bertz CT molecular complexity index is 506. The van der Waals surface area contributed by atoms with Crippen LogP contribution in [0.3, 0.4) is 0 Å². The summed E-state index contributed by atoms with van der Waals surface area (Å²) in [6.45, 7) is 0. The van der Waals surface area contributed by atoms with E-state index in [1.165, 1.54) is 0 Å². The first-order chi connectivity index (χ1) is 6.86. The first-order valence-corrected chi connectivity index (χ1v) is 5.73. The molecule has 0 aromatic carbocycles. The summed E-state index contributed by atoms with van der Waals surface area (Å²) in [6, 6.07) is 0. The van der Waals surface area contributed by atoms with E-state index in [0.29, 0.717) is 0 Å². The molecule has 1 atom stereocenters. The van der Waals surface area contributed by atoms with E-state index in [4.69, 9.17) is 39.9 Å². The SMILES string of the molecule is O=C(O)C1=CC(Cl)=C(Cl)C(=S(=O)=O)C1Cl. The molecule has 1 aliphatic carbocycles. The van der Waals surface area contributed by atoms with Gasteiger partial charge in [-0.3, -0.25) is 0 Å². The fraction of sp³-hybridized carbons (Fsp3) is 0.143. The number of hydrogen-bond acceptors (Lipinski definition) is 3. The third-order valence-corrected chi connectivity index (χ3v) is 3.93. The van der Waals surface area contributed by atoms with Gasteiger partial charge >= 0.3 is 5.97 Å². The van der Waals surface area contributed by atoms with Crippen molar-refractivity contribution in [1.82, 2.24) is 0 Å². The molecule has 1 aliphatic rings. The summed E-state index contributed by atoms with van der Waals surface area (Å²) in [7, 11) is -2.71. The maximum absolute atomic E-state index is 10.8. The zero-order valence-electron chi connectivity index (χ0n) is 6.87. The molecule has 1 rings (SSSR count). The third kappa shape index (κ3) is 2.36. The Morgan fingerprint density at radius 3 is 2.33 bits per heavy atom. The van der Waals surface area contributed by atoms with E-state index in [1.54, 1.807) is 0 Å². The van der Waals surface area contributed by atoms with Crippen molar-refractivity contribution in [2.45, 2.75) is 5.38 Å². The van der Waals surface area contributed by atoms with Gasteiger partial charge in [-0.25, -0.2) is 4.79 Å². The molecule has 0 aromatic rings. The van der Waals surface area contributed by atoms with Gasteiger partial charge in [-0.05, 0) is 6.08 Å². The summed E-state index contributed by atoms with van der Waals surface area (Å²) < 4.78 is 21.5. The number of alkyl halides is 1. The lowest BCUT2D eigenvalue weighted by atomic mass is 10.0. The van der Waals surface area contributed by atoms with Crippen LogP contribution in [-0.2, 0) is 15.1 Å². The van der Waals surface area contributed by atoms with E-state index >= 15 is 0 Å². The molecule has 0 spiro atoms. The van der Waals surface area contributed by atoms with Crippen LogP contribution in [0.4, 0.5) is 0 Å². The average Bonchev–Trinajstić information content (AvgIpc) is 2.10. The van der Waals surface area contributed by atoms with Gasteiger partial charge in [0.15, 0.2) is 0 Å². The van der Waals surface area contributed by atoms with Crippen molar-refractivity contribution in [2.24, 2.45) is 0 Å². The first kappa shape index (κ1) is 12.6.